The van der Waals surface area contributed by atoms with Crippen LogP contribution >= 0.6 is 0 Å². The third kappa shape index (κ3) is 4.61. The molecule has 1 unspecified atom stereocenters. The van der Waals surface area contributed by atoms with Gasteiger partial charge in [0.25, 0.3) is 0 Å². The van der Waals surface area contributed by atoms with E-state index < -0.39 is 15.9 Å². The van der Waals surface area contributed by atoms with E-state index in [0.29, 0.717) is 11.7 Å². The summed E-state index contributed by atoms with van der Waals surface area (Å²) in [4.78, 5) is 12.0. The molecule has 0 aromatic heterocycles. The highest BCUT2D eigenvalue weighted by molar-refractivity contribution is 7.90. The second-order valence-corrected chi connectivity index (χ2v) is 7.49. The first-order valence-electron chi connectivity index (χ1n) is 6.59. The number of Topliss-reactive ketones (excluding diaryl/α,β-unsaturated/α-hetero) is 1. The second-order valence-electron chi connectivity index (χ2n) is 5.23. The highest BCUT2D eigenvalue weighted by Crippen LogP contribution is 2.26. The van der Waals surface area contributed by atoms with Crippen molar-refractivity contribution in [3.8, 4) is 5.75 Å². The Hall–Kier alpha value is -1.40. The van der Waals surface area contributed by atoms with Gasteiger partial charge in [-0.05, 0) is 43.5 Å². The zero-order valence-electron chi connectivity index (χ0n) is 11.4. The van der Waals surface area contributed by atoms with Crippen LogP contribution in [0.3, 0.4) is 0 Å². The molecule has 1 atom stereocenters. The molecule has 2 rings (SSSR count). The highest BCUT2D eigenvalue weighted by atomic mass is 32.2. The summed E-state index contributed by atoms with van der Waals surface area (Å²) in [5.74, 6) is 0.420. The average molecular weight is 297 g/mol. The fraction of sp³-hybridized carbons (Fsp3) is 0.500. The van der Waals surface area contributed by atoms with Crippen molar-refractivity contribution < 1.29 is 17.9 Å². The second kappa shape index (κ2) is 5.93. The summed E-state index contributed by atoms with van der Waals surface area (Å²) in [5.41, 5.74) is 6.22. The average Bonchev–Trinajstić information content (AvgIpc) is 3.19. The van der Waals surface area contributed by atoms with Crippen LogP contribution < -0.4 is 10.5 Å². The zero-order valence-corrected chi connectivity index (χ0v) is 12.2. The minimum Gasteiger partial charge on any atom is -0.490 e. The van der Waals surface area contributed by atoms with Crippen molar-refractivity contribution in [2.24, 2.45) is 5.73 Å². The van der Waals surface area contributed by atoms with Gasteiger partial charge in [0.15, 0.2) is 5.78 Å². The van der Waals surface area contributed by atoms with Crippen LogP contribution in [0, 0.1) is 0 Å². The summed E-state index contributed by atoms with van der Waals surface area (Å²) in [7, 11) is -3.10. The molecule has 0 radical (unpaired) electrons. The number of hydrogen-bond acceptors (Lipinski definition) is 5. The van der Waals surface area contributed by atoms with Gasteiger partial charge in [-0.15, -0.1) is 0 Å². The van der Waals surface area contributed by atoms with Crippen molar-refractivity contribution >= 4 is 15.6 Å². The Bertz CT molecular complexity index is 576. The van der Waals surface area contributed by atoms with Crippen LogP contribution in [0.15, 0.2) is 24.3 Å². The molecule has 0 aliphatic heterocycles. The standard InChI is InChI=1S/C14H19NO4S/c1-20(17,18)9-8-13(15)14(16)10-2-4-11(5-3-10)19-12-6-7-12/h2-5,12-13H,6-9,15H2,1H3. The van der Waals surface area contributed by atoms with Gasteiger partial charge in [-0.3, -0.25) is 4.79 Å². The fourth-order valence-corrected chi connectivity index (χ4v) is 2.44. The SMILES string of the molecule is CS(=O)(=O)CCC(N)C(=O)c1ccc(OC2CC2)cc1. The lowest BCUT2D eigenvalue weighted by atomic mass is 10.0. The summed E-state index contributed by atoms with van der Waals surface area (Å²) in [6.07, 6.45) is 3.74. The summed E-state index contributed by atoms with van der Waals surface area (Å²) in [5, 5.41) is 0. The molecule has 1 fully saturated rings. The molecular formula is C14H19NO4S. The van der Waals surface area contributed by atoms with Crippen molar-refractivity contribution in [1.82, 2.24) is 0 Å². The summed E-state index contributed by atoms with van der Waals surface area (Å²) in [6, 6.07) is 6.03. The predicted molar refractivity (Wildman–Crippen MR) is 76.7 cm³/mol. The van der Waals surface area contributed by atoms with E-state index in [0.717, 1.165) is 24.8 Å². The molecule has 20 heavy (non-hydrogen) atoms. The van der Waals surface area contributed by atoms with Crippen LogP contribution in [0.1, 0.15) is 29.6 Å². The molecule has 6 heteroatoms. The smallest absolute Gasteiger partial charge is 0.179 e. The minimum absolute atomic E-state index is 0.0806. The van der Waals surface area contributed by atoms with Gasteiger partial charge in [0.1, 0.15) is 15.6 Å². The first-order valence-corrected chi connectivity index (χ1v) is 8.65. The predicted octanol–water partition coefficient (Wildman–Crippen LogP) is 1.17. The molecule has 1 saturated carbocycles. The van der Waals surface area contributed by atoms with Crippen LogP contribution in [-0.4, -0.2) is 38.4 Å². The first-order chi connectivity index (χ1) is 9.35. The van der Waals surface area contributed by atoms with E-state index in [2.05, 4.69) is 0 Å². The number of rotatable bonds is 7. The lowest BCUT2D eigenvalue weighted by molar-refractivity contribution is 0.0960. The van der Waals surface area contributed by atoms with E-state index >= 15 is 0 Å². The Balaban J connectivity index is 1.93. The third-order valence-corrected chi connectivity index (χ3v) is 4.08. The van der Waals surface area contributed by atoms with Gasteiger partial charge in [-0.25, -0.2) is 8.42 Å². The van der Waals surface area contributed by atoms with E-state index in [1.54, 1.807) is 24.3 Å². The molecule has 0 saturated heterocycles. The monoisotopic (exact) mass is 297 g/mol. The molecule has 0 spiro atoms. The van der Waals surface area contributed by atoms with Crippen molar-refractivity contribution in [2.75, 3.05) is 12.0 Å². The fourth-order valence-electron chi connectivity index (χ4n) is 1.76. The van der Waals surface area contributed by atoms with Crippen molar-refractivity contribution in [2.45, 2.75) is 31.4 Å². The molecule has 0 amide bonds. The third-order valence-electron chi connectivity index (χ3n) is 3.10. The zero-order chi connectivity index (χ0) is 14.8. The Morgan fingerprint density at radius 3 is 2.45 bits per heavy atom. The number of benzene rings is 1. The van der Waals surface area contributed by atoms with E-state index in [1.807, 2.05) is 0 Å². The number of carbonyl (C=O) groups excluding carboxylic acids is 1. The number of ether oxygens (including phenoxy) is 1. The van der Waals surface area contributed by atoms with Crippen molar-refractivity contribution in [3.63, 3.8) is 0 Å². The number of carbonyl (C=O) groups is 1. The van der Waals surface area contributed by atoms with E-state index in [4.69, 9.17) is 10.5 Å². The van der Waals surface area contributed by atoms with Crippen molar-refractivity contribution in [1.29, 1.82) is 0 Å². The number of hydrogen-bond donors (Lipinski definition) is 1. The maximum atomic E-state index is 12.0. The Morgan fingerprint density at radius 2 is 1.95 bits per heavy atom. The molecule has 110 valence electrons. The minimum atomic E-state index is -3.10. The molecule has 1 aliphatic rings. The Morgan fingerprint density at radius 1 is 1.35 bits per heavy atom. The Kier molecular flexibility index (Phi) is 4.45. The molecule has 0 bridgehead atoms. The van der Waals surface area contributed by atoms with Gasteiger partial charge in [0, 0.05) is 11.8 Å². The van der Waals surface area contributed by atoms with Crippen LogP contribution in [0.5, 0.6) is 5.75 Å². The maximum Gasteiger partial charge on any atom is 0.179 e. The van der Waals surface area contributed by atoms with E-state index in [9.17, 15) is 13.2 Å². The first kappa shape index (κ1) is 15.0. The molecule has 1 aliphatic carbocycles. The Labute approximate surface area is 119 Å². The lowest BCUT2D eigenvalue weighted by Crippen LogP contribution is -2.32. The van der Waals surface area contributed by atoms with Gasteiger partial charge < -0.3 is 10.5 Å². The van der Waals surface area contributed by atoms with Gasteiger partial charge in [-0.1, -0.05) is 0 Å². The maximum absolute atomic E-state index is 12.0. The molecule has 1 aromatic rings. The van der Waals surface area contributed by atoms with Crippen LogP contribution in [0.2, 0.25) is 0 Å². The van der Waals surface area contributed by atoms with E-state index in [1.165, 1.54) is 0 Å². The van der Waals surface area contributed by atoms with E-state index in [-0.39, 0.29) is 18.0 Å². The van der Waals surface area contributed by atoms with Gasteiger partial charge in [0.2, 0.25) is 0 Å². The molecule has 1 aromatic carbocycles. The largest absolute Gasteiger partial charge is 0.490 e. The number of nitrogens with two attached hydrogens (primary N) is 1. The van der Waals surface area contributed by atoms with Crippen LogP contribution in [-0.2, 0) is 9.84 Å². The molecule has 0 heterocycles. The van der Waals surface area contributed by atoms with Crippen LogP contribution in [0.25, 0.3) is 0 Å². The topological polar surface area (TPSA) is 86.5 Å². The van der Waals surface area contributed by atoms with Gasteiger partial charge in [0.05, 0.1) is 17.9 Å². The van der Waals surface area contributed by atoms with Crippen molar-refractivity contribution in [3.05, 3.63) is 29.8 Å². The summed E-state index contributed by atoms with van der Waals surface area (Å²) in [6.45, 7) is 0. The summed E-state index contributed by atoms with van der Waals surface area (Å²) >= 11 is 0. The molecule has 5 nitrogen and oxygen atoms in total. The number of sulfone groups is 1. The quantitative estimate of drug-likeness (QED) is 0.763. The van der Waals surface area contributed by atoms with Gasteiger partial charge >= 0.3 is 0 Å². The normalized spacial score (nSPS) is 16.7. The molecular weight excluding hydrogens is 278 g/mol. The lowest BCUT2D eigenvalue weighted by Gasteiger charge is -2.10. The summed E-state index contributed by atoms with van der Waals surface area (Å²) < 4.78 is 27.7. The number of ketones is 1. The van der Waals surface area contributed by atoms with Gasteiger partial charge in [-0.2, -0.15) is 0 Å². The van der Waals surface area contributed by atoms with Crippen LogP contribution in [0.4, 0.5) is 0 Å². The molecule has 2 N–H and O–H groups in total. The highest BCUT2D eigenvalue weighted by Gasteiger charge is 2.23.